The normalized spacial score (nSPS) is 17.1. The minimum absolute atomic E-state index is 0.0180. The summed E-state index contributed by atoms with van der Waals surface area (Å²) in [6.07, 6.45) is 0.583. The molecule has 0 aromatic carbocycles. The van der Waals surface area contributed by atoms with Gasteiger partial charge in [0.25, 0.3) is 5.91 Å². The molecule has 1 aromatic heterocycles. The van der Waals surface area contributed by atoms with Gasteiger partial charge in [-0.05, 0) is 30.9 Å². The number of amides is 1. The van der Waals surface area contributed by atoms with Crippen molar-refractivity contribution < 1.29 is 9.18 Å². The summed E-state index contributed by atoms with van der Waals surface area (Å²) in [5.41, 5.74) is 0.551. The smallest absolute Gasteiger partial charge is 0.273 e. The average Bonchev–Trinajstić information content (AvgIpc) is 2.83. The zero-order valence-corrected chi connectivity index (χ0v) is 11.4. The van der Waals surface area contributed by atoms with Crippen molar-refractivity contribution in [3.63, 3.8) is 0 Å². The van der Waals surface area contributed by atoms with E-state index in [-0.39, 0.29) is 12.6 Å². The third-order valence-corrected chi connectivity index (χ3v) is 3.81. The van der Waals surface area contributed by atoms with Crippen molar-refractivity contribution in [3.05, 3.63) is 16.6 Å². The maximum atomic E-state index is 12.1. The molecular weight excluding hydrogens is 253 g/mol. The molecule has 1 fully saturated rings. The predicted octanol–water partition coefficient (Wildman–Crippen LogP) is 1.57. The maximum Gasteiger partial charge on any atom is 0.273 e. The molecule has 0 bridgehead atoms. The highest BCUT2D eigenvalue weighted by Crippen LogP contribution is 2.12. The fourth-order valence-electron chi connectivity index (χ4n) is 2.09. The van der Waals surface area contributed by atoms with Crippen molar-refractivity contribution in [1.29, 1.82) is 0 Å². The minimum atomic E-state index is -0.267. The van der Waals surface area contributed by atoms with E-state index in [2.05, 4.69) is 9.27 Å². The third-order valence-electron chi connectivity index (χ3n) is 3.11. The van der Waals surface area contributed by atoms with Crippen LogP contribution >= 0.6 is 11.5 Å². The molecule has 0 unspecified atom stereocenters. The number of halogens is 1. The van der Waals surface area contributed by atoms with Gasteiger partial charge in [0.1, 0.15) is 5.69 Å². The Labute approximate surface area is 111 Å². The molecule has 0 aliphatic carbocycles. The van der Waals surface area contributed by atoms with Gasteiger partial charge in [-0.25, -0.2) is 0 Å². The fraction of sp³-hybridized carbons (Fsp3) is 0.667. The number of alkyl halides is 1. The molecule has 0 radical (unpaired) electrons. The number of carbonyl (C=O) groups is 1. The Hall–Kier alpha value is -1.01. The molecule has 0 N–H and O–H groups in total. The number of aryl methyl sites for hydroxylation is 1. The zero-order chi connectivity index (χ0) is 13.0. The molecule has 18 heavy (non-hydrogen) atoms. The summed E-state index contributed by atoms with van der Waals surface area (Å²) < 4.78 is 16.2. The second-order valence-corrected chi connectivity index (χ2v) is 5.51. The molecule has 1 aliphatic rings. The van der Waals surface area contributed by atoms with Gasteiger partial charge in [-0.2, -0.15) is 4.37 Å². The Morgan fingerprint density at radius 3 is 2.72 bits per heavy atom. The van der Waals surface area contributed by atoms with Gasteiger partial charge in [0.2, 0.25) is 0 Å². The molecule has 4 nitrogen and oxygen atoms in total. The topological polar surface area (TPSA) is 36.4 Å². The third kappa shape index (κ3) is 3.26. The van der Waals surface area contributed by atoms with E-state index in [1.54, 1.807) is 0 Å². The van der Waals surface area contributed by atoms with Gasteiger partial charge >= 0.3 is 0 Å². The SMILES string of the molecule is Cc1cc(C(=O)N2CCN(CCCF)CC2)ns1. The first kappa shape index (κ1) is 13.4. The zero-order valence-electron chi connectivity index (χ0n) is 10.6. The van der Waals surface area contributed by atoms with Gasteiger partial charge in [-0.3, -0.25) is 14.1 Å². The summed E-state index contributed by atoms with van der Waals surface area (Å²) >= 11 is 1.36. The maximum absolute atomic E-state index is 12.1. The second kappa shape index (κ2) is 6.24. The first-order valence-corrected chi connectivity index (χ1v) is 6.99. The lowest BCUT2D eigenvalue weighted by atomic mass is 10.2. The van der Waals surface area contributed by atoms with E-state index in [1.807, 2.05) is 17.9 Å². The van der Waals surface area contributed by atoms with Crippen molar-refractivity contribution in [2.75, 3.05) is 39.4 Å². The van der Waals surface area contributed by atoms with Crippen molar-refractivity contribution in [2.45, 2.75) is 13.3 Å². The largest absolute Gasteiger partial charge is 0.335 e. The lowest BCUT2D eigenvalue weighted by Crippen LogP contribution is -2.48. The van der Waals surface area contributed by atoms with Crippen LogP contribution in [-0.4, -0.2) is 59.5 Å². The predicted molar refractivity (Wildman–Crippen MR) is 69.8 cm³/mol. The first-order chi connectivity index (χ1) is 8.70. The van der Waals surface area contributed by atoms with Crippen molar-refractivity contribution in [2.24, 2.45) is 0 Å². The Kier molecular flexibility index (Phi) is 4.66. The summed E-state index contributed by atoms with van der Waals surface area (Å²) in [7, 11) is 0. The Morgan fingerprint density at radius 1 is 1.44 bits per heavy atom. The standard InChI is InChI=1S/C12H18FN3OS/c1-10-9-11(14-18-10)12(17)16-7-5-15(6-8-16)4-2-3-13/h9H,2-8H2,1H3. The number of rotatable bonds is 4. The van der Waals surface area contributed by atoms with Crippen LogP contribution in [0.2, 0.25) is 0 Å². The molecule has 100 valence electrons. The van der Waals surface area contributed by atoms with Crippen LogP contribution in [0.4, 0.5) is 4.39 Å². The molecule has 6 heteroatoms. The Bertz CT molecular complexity index is 402. The van der Waals surface area contributed by atoms with Crippen molar-refractivity contribution in [1.82, 2.24) is 14.2 Å². The van der Waals surface area contributed by atoms with Crippen LogP contribution in [0.15, 0.2) is 6.07 Å². The summed E-state index contributed by atoms with van der Waals surface area (Å²) in [6.45, 7) is 5.54. The van der Waals surface area contributed by atoms with Gasteiger partial charge < -0.3 is 4.90 Å². The van der Waals surface area contributed by atoms with Crippen molar-refractivity contribution >= 4 is 17.4 Å². The lowest BCUT2D eigenvalue weighted by Gasteiger charge is -2.34. The van der Waals surface area contributed by atoms with Crippen LogP contribution in [0.3, 0.4) is 0 Å². The van der Waals surface area contributed by atoms with E-state index in [0.29, 0.717) is 25.2 Å². The quantitative estimate of drug-likeness (QED) is 0.834. The van der Waals surface area contributed by atoms with Gasteiger partial charge in [0.05, 0.1) is 6.67 Å². The summed E-state index contributed by atoms with van der Waals surface area (Å²) in [5.74, 6) is 0.0180. The summed E-state index contributed by atoms with van der Waals surface area (Å²) in [5, 5.41) is 0. The average molecular weight is 271 g/mol. The number of carbonyl (C=O) groups excluding carboxylic acids is 1. The van der Waals surface area contributed by atoms with Crippen LogP contribution in [0.1, 0.15) is 21.8 Å². The number of hydrogen-bond acceptors (Lipinski definition) is 4. The monoisotopic (exact) mass is 271 g/mol. The minimum Gasteiger partial charge on any atom is -0.335 e. The van der Waals surface area contributed by atoms with E-state index in [0.717, 1.165) is 24.5 Å². The molecule has 0 spiro atoms. The van der Waals surface area contributed by atoms with Crippen LogP contribution < -0.4 is 0 Å². The highest BCUT2D eigenvalue weighted by atomic mass is 32.1. The van der Waals surface area contributed by atoms with Gasteiger partial charge in [-0.15, -0.1) is 0 Å². The molecule has 1 aliphatic heterocycles. The van der Waals surface area contributed by atoms with E-state index >= 15 is 0 Å². The second-order valence-electron chi connectivity index (χ2n) is 4.50. The van der Waals surface area contributed by atoms with Crippen molar-refractivity contribution in [3.8, 4) is 0 Å². The van der Waals surface area contributed by atoms with Gasteiger partial charge in [-0.1, -0.05) is 0 Å². The van der Waals surface area contributed by atoms with Gasteiger partial charge in [0.15, 0.2) is 0 Å². The molecule has 2 rings (SSSR count). The van der Waals surface area contributed by atoms with E-state index < -0.39 is 0 Å². The van der Waals surface area contributed by atoms with E-state index in [1.165, 1.54) is 11.5 Å². The van der Waals surface area contributed by atoms with Crippen LogP contribution in [0, 0.1) is 6.92 Å². The fourth-order valence-corrected chi connectivity index (χ4v) is 2.62. The van der Waals surface area contributed by atoms with E-state index in [4.69, 9.17) is 0 Å². The van der Waals surface area contributed by atoms with E-state index in [9.17, 15) is 9.18 Å². The van der Waals surface area contributed by atoms with Gasteiger partial charge in [0, 0.05) is 37.6 Å². The summed E-state index contributed by atoms with van der Waals surface area (Å²) in [4.78, 5) is 17.2. The first-order valence-electron chi connectivity index (χ1n) is 6.21. The van der Waals surface area contributed by atoms with Crippen LogP contribution in [0.25, 0.3) is 0 Å². The molecule has 0 saturated carbocycles. The number of hydrogen-bond donors (Lipinski definition) is 0. The number of piperazine rings is 1. The molecule has 2 heterocycles. The number of aromatic nitrogens is 1. The van der Waals surface area contributed by atoms with Crippen LogP contribution in [-0.2, 0) is 0 Å². The lowest BCUT2D eigenvalue weighted by molar-refractivity contribution is 0.0629. The molecule has 1 amide bonds. The molecular formula is C12H18FN3OS. The Morgan fingerprint density at radius 2 is 2.17 bits per heavy atom. The Balaban J connectivity index is 1.84. The highest BCUT2D eigenvalue weighted by Gasteiger charge is 2.23. The van der Waals surface area contributed by atoms with Crippen LogP contribution in [0.5, 0.6) is 0 Å². The molecule has 1 saturated heterocycles. The number of nitrogens with zero attached hydrogens (tertiary/aromatic N) is 3. The highest BCUT2D eigenvalue weighted by molar-refractivity contribution is 7.05. The molecule has 0 atom stereocenters. The molecule has 1 aromatic rings. The summed E-state index contributed by atoms with van der Waals surface area (Å²) in [6, 6.07) is 1.84.